The lowest BCUT2D eigenvalue weighted by atomic mass is 10.0. The van der Waals surface area contributed by atoms with Crippen molar-refractivity contribution >= 4 is 0 Å². The minimum atomic E-state index is 0.911. The summed E-state index contributed by atoms with van der Waals surface area (Å²) in [6.45, 7) is 5.13. The lowest BCUT2D eigenvalue weighted by Crippen LogP contribution is -2.25. The average molecular weight is 111 g/mol. The number of piperidine rings is 1. The third kappa shape index (κ3) is 0.510. The Morgan fingerprint density at radius 2 is 2.38 bits per heavy atom. The molecule has 2 fully saturated rings. The normalized spacial score (nSPS) is 52.9. The molecule has 0 radical (unpaired) electrons. The van der Waals surface area contributed by atoms with E-state index in [9.17, 15) is 0 Å². The van der Waals surface area contributed by atoms with Gasteiger partial charge in [0.15, 0.2) is 0 Å². The molecular formula is C7H13N. The maximum Gasteiger partial charge on any atom is 0.00701 e. The quantitative estimate of drug-likeness (QED) is 0.452. The van der Waals surface area contributed by atoms with Gasteiger partial charge in [0.25, 0.3) is 0 Å². The summed E-state index contributed by atoms with van der Waals surface area (Å²) in [7, 11) is 0. The second-order valence-electron chi connectivity index (χ2n) is 3.23. The number of fused-ring (bicyclic) bond motifs is 2. The van der Waals surface area contributed by atoms with Gasteiger partial charge in [0.2, 0.25) is 0 Å². The Labute approximate surface area is 50.7 Å². The Hall–Kier alpha value is -0.0400. The molecule has 0 amide bonds. The van der Waals surface area contributed by atoms with Crippen molar-refractivity contribution in [3.8, 4) is 0 Å². The molecule has 0 saturated carbocycles. The summed E-state index contributed by atoms with van der Waals surface area (Å²) in [4.78, 5) is 2.60. The monoisotopic (exact) mass is 111 g/mol. The zero-order valence-electron chi connectivity index (χ0n) is 5.43. The van der Waals surface area contributed by atoms with E-state index >= 15 is 0 Å². The van der Waals surface area contributed by atoms with E-state index < -0.39 is 0 Å². The van der Waals surface area contributed by atoms with Crippen molar-refractivity contribution in [2.24, 2.45) is 5.92 Å². The first-order chi connectivity index (χ1) is 3.86. The van der Waals surface area contributed by atoms with Crippen molar-refractivity contribution in [1.82, 2.24) is 4.90 Å². The average Bonchev–Trinajstić information content (AvgIpc) is 2.23. The van der Waals surface area contributed by atoms with Crippen LogP contribution in [0.5, 0.6) is 0 Å². The van der Waals surface area contributed by atoms with Gasteiger partial charge < -0.3 is 4.90 Å². The first-order valence-corrected chi connectivity index (χ1v) is 3.60. The first-order valence-electron chi connectivity index (χ1n) is 3.60. The Morgan fingerprint density at radius 3 is 2.62 bits per heavy atom. The van der Waals surface area contributed by atoms with E-state index in [0.29, 0.717) is 0 Å². The summed E-state index contributed by atoms with van der Waals surface area (Å²) in [6.07, 6.45) is 2.95. The molecule has 8 heavy (non-hydrogen) atoms. The van der Waals surface area contributed by atoms with E-state index in [1.54, 1.807) is 0 Å². The summed E-state index contributed by atoms with van der Waals surface area (Å²) in [6, 6.07) is 0.911. The molecule has 2 rings (SSSR count). The van der Waals surface area contributed by atoms with E-state index in [1.165, 1.54) is 25.9 Å². The van der Waals surface area contributed by atoms with E-state index in [2.05, 4.69) is 11.8 Å². The van der Waals surface area contributed by atoms with Gasteiger partial charge in [-0.2, -0.15) is 0 Å². The molecule has 1 nitrogen and oxygen atoms in total. The maximum atomic E-state index is 2.60. The van der Waals surface area contributed by atoms with Gasteiger partial charge in [-0.1, -0.05) is 0 Å². The molecule has 0 spiro atoms. The highest BCUT2D eigenvalue weighted by atomic mass is 15.2. The molecule has 2 unspecified atom stereocenters. The van der Waals surface area contributed by atoms with Crippen LogP contribution in [0.1, 0.15) is 19.8 Å². The topological polar surface area (TPSA) is 3.24 Å². The van der Waals surface area contributed by atoms with Gasteiger partial charge in [-0.3, -0.25) is 0 Å². The zero-order chi connectivity index (χ0) is 5.56. The van der Waals surface area contributed by atoms with Crippen molar-refractivity contribution in [2.75, 3.05) is 13.1 Å². The number of rotatable bonds is 0. The second-order valence-corrected chi connectivity index (χ2v) is 3.23. The summed E-state index contributed by atoms with van der Waals surface area (Å²) in [5.74, 6) is 1.07. The largest absolute Gasteiger partial charge is 0.300 e. The van der Waals surface area contributed by atoms with Gasteiger partial charge >= 0.3 is 0 Å². The SMILES string of the molecule is C[C@@H]1CC2CCN1C2. The van der Waals surface area contributed by atoms with Crippen LogP contribution in [-0.4, -0.2) is 24.0 Å². The summed E-state index contributed by atoms with van der Waals surface area (Å²) >= 11 is 0. The van der Waals surface area contributed by atoms with E-state index in [-0.39, 0.29) is 0 Å². The van der Waals surface area contributed by atoms with Crippen molar-refractivity contribution in [2.45, 2.75) is 25.8 Å². The molecule has 2 aliphatic heterocycles. The molecule has 0 N–H and O–H groups in total. The van der Waals surface area contributed by atoms with Crippen molar-refractivity contribution in [1.29, 1.82) is 0 Å². The Bertz CT molecular complexity index is 98.6. The van der Waals surface area contributed by atoms with Gasteiger partial charge in [0.05, 0.1) is 0 Å². The predicted molar refractivity (Wildman–Crippen MR) is 33.8 cm³/mol. The van der Waals surface area contributed by atoms with Gasteiger partial charge in [-0.05, 0) is 32.2 Å². The molecule has 0 aromatic heterocycles. The van der Waals surface area contributed by atoms with Gasteiger partial charge in [-0.25, -0.2) is 0 Å². The van der Waals surface area contributed by atoms with Crippen LogP contribution in [0.4, 0.5) is 0 Å². The summed E-state index contributed by atoms with van der Waals surface area (Å²) < 4.78 is 0. The molecule has 2 aliphatic rings. The molecule has 2 saturated heterocycles. The number of nitrogens with zero attached hydrogens (tertiary/aromatic N) is 1. The van der Waals surface area contributed by atoms with Crippen LogP contribution in [-0.2, 0) is 0 Å². The fraction of sp³-hybridized carbons (Fsp3) is 1.00. The molecule has 46 valence electrons. The third-order valence-corrected chi connectivity index (χ3v) is 2.62. The molecule has 2 heterocycles. The number of hydrogen-bond acceptors (Lipinski definition) is 1. The van der Waals surface area contributed by atoms with Gasteiger partial charge in [0.1, 0.15) is 0 Å². The fourth-order valence-corrected chi connectivity index (χ4v) is 2.09. The van der Waals surface area contributed by atoms with E-state index in [0.717, 1.165) is 12.0 Å². The highest BCUT2D eigenvalue weighted by Crippen LogP contribution is 2.31. The van der Waals surface area contributed by atoms with Crippen molar-refractivity contribution < 1.29 is 0 Å². The predicted octanol–water partition coefficient (Wildman–Crippen LogP) is 1.10. The Kier molecular flexibility index (Phi) is 0.884. The third-order valence-electron chi connectivity index (χ3n) is 2.62. The molecule has 0 aromatic rings. The van der Waals surface area contributed by atoms with Crippen molar-refractivity contribution in [3.63, 3.8) is 0 Å². The van der Waals surface area contributed by atoms with Crippen LogP contribution in [0.25, 0.3) is 0 Å². The highest BCUT2D eigenvalue weighted by Gasteiger charge is 2.34. The maximum absolute atomic E-state index is 2.60. The molecule has 0 aromatic carbocycles. The van der Waals surface area contributed by atoms with Crippen LogP contribution in [0.15, 0.2) is 0 Å². The molecule has 3 atom stereocenters. The van der Waals surface area contributed by atoms with Gasteiger partial charge in [-0.15, -0.1) is 0 Å². The lowest BCUT2D eigenvalue weighted by molar-refractivity contribution is 0.280. The van der Waals surface area contributed by atoms with E-state index in [4.69, 9.17) is 0 Å². The Balaban J connectivity index is 2.11. The molecule has 2 bridgehead atoms. The summed E-state index contributed by atoms with van der Waals surface area (Å²) in [5, 5.41) is 0. The Morgan fingerprint density at radius 1 is 1.50 bits per heavy atom. The fourth-order valence-electron chi connectivity index (χ4n) is 2.09. The summed E-state index contributed by atoms with van der Waals surface area (Å²) in [5.41, 5.74) is 0. The van der Waals surface area contributed by atoms with Crippen LogP contribution < -0.4 is 0 Å². The van der Waals surface area contributed by atoms with Crippen LogP contribution in [0.2, 0.25) is 0 Å². The van der Waals surface area contributed by atoms with E-state index in [1.807, 2.05) is 0 Å². The lowest BCUT2D eigenvalue weighted by Gasteiger charge is -2.19. The smallest absolute Gasteiger partial charge is 0.00701 e. The minimum Gasteiger partial charge on any atom is -0.300 e. The first kappa shape index (κ1) is 4.80. The number of hydrogen-bond donors (Lipinski definition) is 0. The van der Waals surface area contributed by atoms with Gasteiger partial charge in [0, 0.05) is 12.6 Å². The standard InChI is InChI=1S/C7H13N/c1-6-4-7-2-3-8(6)5-7/h6-7H,2-5H2,1H3/t6-,7?/m1/s1. The van der Waals surface area contributed by atoms with Crippen LogP contribution >= 0.6 is 0 Å². The molecule has 0 aliphatic carbocycles. The zero-order valence-corrected chi connectivity index (χ0v) is 5.43. The van der Waals surface area contributed by atoms with Crippen LogP contribution in [0, 0.1) is 5.92 Å². The molecular weight excluding hydrogens is 98.1 g/mol. The molecule has 1 heteroatoms. The van der Waals surface area contributed by atoms with Crippen LogP contribution in [0.3, 0.4) is 0 Å². The highest BCUT2D eigenvalue weighted by molar-refractivity contribution is 4.88. The van der Waals surface area contributed by atoms with Crippen molar-refractivity contribution in [3.05, 3.63) is 0 Å². The minimum absolute atomic E-state index is 0.911. The second kappa shape index (κ2) is 1.47.